The van der Waals surface area contributed by atoms with Gasteiger partial charge < -0.3 is 9.67 Å². The second-order valence-electron chi connectivity index (χ2n) is 6.11. The number of carbonyl (C=O) groups is 1. The predicted molar refractivity (Wildman–Crippen MR) is 98.6 cm³/mol. The molecule has 1 aliphatic carbocycles. The van der Waals surface area contributed by atoms with Crippen LogP contribution >= 0.6 is 30.3 Å². The monoisotopic (exact) mass is 382 g/mol. The van der Waals surface area contributed by atoms with Gasteiger partial charge in [0.05, 0.1) is 0 Å². The molecule has 126 valence electrons. The summed E-state index contributed by atoms with van der Waals surface area (Å²) in [7, 11) is -3.42. The molecule has 0 bridgehead atoms. The maximum atomic E-state index is 14.3. The van der Waals surface area contributed by atoms with Crippen LogP contribution in [-0.4, -0.2) is 16.2 Å². The second kappa shape index (κ2) is 6.55. The highest BCUT2D eigenvalue weighted by atomic mass is 35.5. The Morgan fingerprint density at radius 3 is 1.58 bits per heavy atom. The molecule has 24 heavy (non-hydrogen) atoms. The van der Waals surface area contributed by atoms with E-state index in [-0.39, 0.29) is 0 Å². The van der Waals surface area contributed by atoms with Crippen LogP contribution in [-0.2, 0) is 9.36 Å². The van der Waals surface area contributed by atoms with Crippen LogP contribution in [0.25, 0.3) is 0 Å². The maximum absolute atomic E-state index is 14.3. The van der Waals surface area contributed by atoms with E-state index in [1.807, 2.05) is 0 Å². The average Bonchev–Trinajstić information content (AvgIpc) is 3.07. The molecule has 0 unspecified atom stereocenters. The molecule has 0 spiro atoms. The van der Waals surface area contributed by atoms with Crippen LogP contribution in [0.2, 0.25) is 10.0 Å². The Morgan fingerprint density at radius 1 is 0.875 bits per heavy atom. The Kier molecular flexibility index (Phi) is 4.79. The minimum atomic E-state index is -3.42. The topological polar surface area (TPSA) is 54.4 Å². The van der Waals surface area contributed by atoms with E-state index in [0.717, 1.165) is 12.8 Å². The number of hydrogen-bond acceptors (Lipinski definition) is 2. The van der Waals surface area contributed by atoms with Crippen LogP contribution in [0.5, 0.6) is 0 Å². The molecule has 2 aromatic rings. The SMILES string of the molecule is O=C(O)C1(P(=O)(c2ccc(Cl)cc2)c2ccc(Cl)cc2)CCCC1. The van der Waals surface area contributed by atoms with E-state index >= 15 is 0 Å². The minimum Gasteiger partial charge on any atom is -0.480 e. The largest absolute Gasteiger partial charge is 0.480 e. The summed E-state index contributed by atoms with van der Waals surface area (Å²) < 4.78 is 14.3. The average molecular weight is 383 g/mol. The summed E-state index contributed by atoms with van der Waals surface area (Å²) in [5.74, 6) is -0.992. The minimum absolute atomic E-state index is 0.408. The smallest absolute Gasteiger partial charge is 0.317 e. The van der Waals surface area contributed by atoms with Crippen LogP contribution in [0.1, 0.15) is 25.7 Å². The van der Waals surface area contributed by atoms with Crippen molar-refractivity contribution in [2.24, 2.45) is 0 Å². The van der Waals surface area contributed by atoms with Crippen molar-refractivity contribution in [1.82, 2.24) is 0 Å². The van der Waals surface area contributed by atoms with Gasteiger partial charge in [0.25, 0.3) is 0 Å². The summed E-state index contributed by atoms with van der Waals surface area (Å²) in [5.41, 5.74) is 0. The lowest BCUT2D eigenvalue weighted by Gasteiger charge is -2.34. The van der Waals surface area contributed by atoms with Crippen molar-refractivity contribution in [3.8, 4) is 0 Å². The Labute approximate surface area is 151 Å². The van der Waals surface area contributed by atoms with E-state index in [0.29, 0.717) is 33.5 Å². The summed E-state index contributed by atoms with van der Waals surface area (Å²) in [4.78, 5) is 12.2. The van der Waals surface area contributed by atoms with Gasteiger partial charge in [-0.2, -0.15) is 0 Å². The first-order chi connectivity index (χ1) is 11.4. The predicted octanol–water partition coefficient (Wildman–Crippen LogP) is 4.70. The second-order valence-corrected chi connectivity index (χ2v) is 10.1. The fourth-order valence-electron chi connectivity index (χ4n) is 3.57. The van der Waals surface area contributed by atoms with Crippen LogP contribution in [0.3, 0.4) is 0 Å². The van der Waals surface area contributed by atoms with Gasteiger partial charge in [0.15, 0.2) is 7.14 Å². The van der Waals surface area contributed by atoms with Crippen molar-refractivity contribution >= 4 is 46.9 Å². The highest BCUT2D eigenvalue weighted by molar-refractivity contribution is 7.80. The lowest BCUT2D eigenvalue weighted by molar-refractivity contribution is -0.140. The van der Waals surface area contributed by atoms with Crippen molar-refractivity contribution in [3.63, 3.8) is 0 Å². The number of rotatable bonds is 4. The van der Waals surface area contributed by atoms with Gasteiger partial charge in [0, 0.05) is 20.7 Å². The molecule has 6 heteroatoms. The van der Waals surface area contributed by atoms with Gasteiger partial charge in [-0.1, -0.05) is 36.0 Å². The quantitative estimate of drug-likeness (QED) is 0.779. The Bertz CT molecular complexity index is 745. The molecule has 1 fully saturated rings. The van der Waals surface area contributed by atoms with Gasteiger partial charge in [-0.05, 0) is 61.4 Å². The summed E-state index contributed by atoms with van der Waals surface area (Å²) in [6, 6.07) is 13.4. The summed E-state index contributed by atoms with van der Waals surface area (Å²) in [5, 5.41) is 10.8. The molecule has 0 atom stereocenters. The summed E-state index contributed by atoms with van der Waals surface area (Å²) >= 11 is 11.9. The zero-order valence-electron chi connectivity index (χ0n) is 12.9. The van der Waals surface area contributed by atoms with Gasteiger partial charge >= 0.3 is 5.97 Å². The number of hydrogen-bond donors (Lipinski definition) is 1. The number of carboxylic acid groups (broad SMARTS) is 1. The third-order valence-electron chi connectivity index (χ3n) is 4.81. The number of aliphatic carboxylic acids is 1. The van der Waals surface area contributed by atoms with Crippen molar-refractivity contribution in [2.75, 3.05) is 0 Å². The molecule has 3 nitrogen and oxygen atoms in total. The Hall–Kier alpha value is -1.28. The lowest BCUT2D eigenvalue weighted by atomic mass is 10.1. The summed E-state index contributed by atoms with van der Waals surface area (Å²) in [6.07, 6.45) is 2.34. The van der Waals surface area contributed by atoms with E-state index < -0.39 is 18.3 Å². The van der Waals surface area contributed by atoms with Gasteiger partial charge in [-0.25, -0.2) is 0 Å². The van der Waals surface area contributed by atoms with Gasteiger partial charge in [0.1, 0.15) is 5.16 Å². The molecule has 2 aromatic carbocycles. The Morgan fingerprint density at radius 2 is 1.25 bits per heavy atom. The van der Waals surface area contributed by atoms with Crippen molar-refractivity contribution in [1.29, 1.82) is 0 Å². The third-order valence-corrected chi connectivity index (χ3v) is 9.21. The molecule has 1 saturated carbocycles. The normalized spacial score (nSPS) is 16.9. The van der Waals surface area contributed by atoms with Crippen molar-refractivity contribution < 1.29 is 14.5 Å². The van der Waals surface area contributed by atoms with Crippen LogP contribution in [0.4, 0.5) is 0 Å². The van der Waals surface area contributed by atoms with Gasteiger partial charge in [0.2, 0.25) is 0 Å². The lowest BCUT2D eigenvalue weighted by Crippen LogP contribution is -2.42. The molecule has 3 rings (SSSR count). The fraction of sp³-hybridized carbons (Fsp3) is 0.278. The highest BCUT2D eigenvalue weighted by Crippen LogP contribution is 2.63. The maximum Gasteiger partial charge on any atom is 0.317 e. The first-order valence-electron chi connectivity index (χ1n) is 7.76. The first kappa shape index (κ1) is 17.5. The fourth-order valence-corrected chi connectivity index (χ4v) is 7.46. The Balaban J connectivity index is 2.28. The van der Waals surface area contributed by atoms with Crippen molar-refractivity contribution in [3.05, 3.63) is 58.6 Å². The van der Waals surface area contributed by atoms with Crippen LogP contribution in [0, 0.1) is 0 Å². The van der Waals surface area contributed by atoms with Gasteiger partial charge in [-0.15, -0.1) is 0 Å². The standard InChI is InChI=1S/C18H17Cl2O3P/c19-13-3-7-15(8-4-13)24(23,16-9-5-14(20)6-10-16)18(17(21)22)11-1-2-12-18/h3-10H,1-2,11-12H2,(H,21,22). The van der Waals surface area contributed by atoms with E-state index in [2.05, 4.69) is 0 Å². The third kappa shape index (κ3) is 2.69. The van der Waals surface area contributed by atoms with Crippen LogP contribution < -0.4 is 10.6 Å². The van der Waals surface area contributed by atoms with Crippen molar-refractivity contribution in [2.45, 2.75) is 30.8 Å². The van der Waals surface area contributed by atoms with E-state index in [9.17, 15) is 14.5 Å². The molecule has 1 aliphatic rings. The molecule has 1 N–H and O–H groups in total. The molecule has 0 amide bonds. The molecule has 0 heterocycles. The zero-order chi connectivity index (χ0) is 17.4. The molecule has 0 saturated heterocycles. The summed E-state index contributed by atoms with van der Waals surface area (Å²) in [6.45, 7) is 0. The number of carboxylic acids is 1. The number of halogens is 2. The van der Waals surface area contributed by atoms with E-state index in [1.165, 1.54) is 0 Å². The van der Waals surface area contributed by atoms with E-state index in [4.69, 9.17) is 23.2 Å². The van der Waals surface area contributed by atoms with E-state index in [1.54, 1.807) is 48.5 Å². The number of benzene rings is 2. The first-order valence-corrected chi connectivity index (χ1v) is 10.2. The molecular formula is C18H17Cl2O3P. The van der Waals surface area contributed by atoms with Crippen LogP contribution in [0.15, 0.2) is 48.5 Å². The zero-order valence-corrected chi connectivity index (χ0v) is 15.3. The molecule has 0 aliphatic heterocycles. The molecule has 0 aromatic heterocycles. The van der Waals surface area contributed by atoms with Gasteiger partial charge in [-0.3, -0.25) is 4.79 Å². The molecule has 0 radical (unpaired) electrons. The highest BCUT2D eigenvalue weighted by Gasteiger charge is 2.57. The molecular weight excluding hydrogens is 366 g/mol.